The quantitative estimate of drug-likeness (QED) is 0.142. The lowest BCUT2D eigenvalue weighted by Crippen LogP contribution is -2.53. The molecule has 0 saturated carbocycles. The number of fused-ring (bicyclic) bond motifs is 1. The molecule has 0 spiro atoms. The van der Waals surface area contributed by atoms with Crippen molar-refractivity contribution in [3.63, 3.8) is 0 Å². The molecule has 11 nitrogen and oxygen atoms in total. The number of nitrogens with zero attached hydrogens (tertiary/aromatic N) is 4. The predicted molar refractivity (Wildman–Crippen MR) is 190 cm³/mol. The Kier molecular flexibility index (Phi) is 12.5. The van der Waals surface area contributed by atoms with Gasteiger partial charge in [-0.2, -0.15) is 9.97 Å². The molecule has 0 bridgehead atoms. The zero-order chi connectivity index (χ0) is 34.9. The standard InChI is InChI=1S/C31H54ClN5O6Si3/c1-18(2)28(38)36-30-34-26(32)24-27(35-30)37(17-33-24)29-31(39,14-15-45(11,12)13)25(43-44(19(3)4)20(5)6)23(42-29)16-41-46(40,21(7)8)22(9)10/h17-23,25,29,39-40,44H,16H2,1-13H3,(H,34,35,36,38)/t23-,25?,29-,31+/m1/s1. The second-order valence-electron chi connectivity index (χ2n) is 15.0. The molecule has 1 unspecified atom stereocenters. The summed E-state index contributed by atoms with van der Waals surface area (Å²) in [5, 5.41) is 15.6. The molecule has 15 heteroatoms. The van der Waals surface area contributed by atoms with Crippen LogP contribution in [-0.4, -0.2) is 85.4 Å². The molecular weight excluding hydrogens is 658 g/mol. The van der Waals surface area contributed by atoms with Gasteiger partial charge in [0.15, 0.2) is 31.7 Å². The third-order valence-electron chi connectivity index (χ3n) is 8.23. The van der Waals surface area contributed by atoms with E-state index in [2.05, 4.69) is 79.1 Å². The topological polar surface area (TPSA) is 141 Å². The molecule has 3 rings (SSSR count). The molecule has 2 aromatic heterocycles. The highest BCUT2D eigenvalue weighted by Crippen LogP contribution is 2.44. The van der Waals surface area contributed by atoms with Crippen molar-refractivity contribution in [3.8, 4) is 11.5 Å². The van der Waals surface area contributed by atoms with E-state index >= 15 is 0 Å². The van der Waals surface area contributed by atoms with Gasteiger partial charge in [0.05, 0.1) is 12.9 Å². The summed E-state index contributed by atoms with van der Waals surface area (Å²) in [6.45, 7) is 26.3. The minimum atomic E-state index is -3.18. The summed E-state index contributed by atoms with van der Waals surface area (Å²) >= 11 is 6.53. The van der Waals surface area contributed by atoms with Gasteiger partial charge in [0.1, 0.15) is 25.8 Å². The number of aliphatic hydroxyl groups is 1. The smallest absolute Gasteiger partial charge is 0.340 e. The molecule has 1 amide bonds. The van der Waals surface area contributed by atoms with Gasteiger partial charge in [-0.25, -0.2) is 4.98 Å². The van der Waals surface area contributed by atoms with Gasteiger partial charge < -0.3 is 23.5 Å². The highest BCUT2D eigenvalue weighted by molar-refractivity contribution is 6.83. The fourth-order valence-corrected chi connectivity index (χ4v) is 11.7. The summed E-state index contributed by atoms with van der Waals surface area (Å²) in [5.74, 6) is 2.66. The number of nitrogens with one attached hydrogen (secondary N) is 1. The van der Waals surface area contributed by atoms with Crippen LogP contribution in [0.3, 0.4) is 0 Å². The fraction of sp³-hybridized carbons (Fsp3) is 0.742. The summed E-state index contributed by atoms with van der Waals surface area (Å²) in [4.78, 5) is 37.4. The zero-order valence-electron chi connectivity index (χ0n) is 29.7. The SMILES string of the molecule is CC(C)C(=O)Nc1nc(Cl)c2ncn([C@@H]3O[C@H](CO[Si](O)(C(C)C)C(C)C)C(O[SiH](C(C)C)C(C)C)[C@@]3(O)C#C[Si](C)(C)C)c2n1. The molecule has 46 heavy (non-hydrogen) atoms. The molecule has 2 aromatic rings. The van der Waals surface area contributed by atoms with E-state index in [1.807, 2.05) is 27.7 Å². The number of carbonyl (C=O) groups excluding carboxylic acids is 1. The van der Waals surface area contributed by atoms with Crippen molar-refractivity contribution in [2.45, 2.75) is 135 Å². The second-order valence-corrected chi connectivity index (χ2v) is 28.1. The van der Waals surface area contributed by atoms with Crippen LogP contribution in [0.25, 0.3) is 11.2 Å². The molecule has 0 aromatic carbocycles. The van der Waals surface area contributed by atoms with E-state index < -0.39 is 49.7 Å². The van der Waals surface area contributed by atoms with Crippen LogP contribution in [0.4, 0.5) is 5.95 Å². The number of aromatic nitrogens is 4. The number of hydrogen-bond acceptors (Lipinski definition) is 9. The second kappa shape index (κ2) is 14.8. The van der Waals surface area contributed by atoms with Gasteiger partial charge in [0.25, 0.3) is 0 Å². The number of ether oxygens (including phenoxy) is 1. The van der Waals surface area contributed by atoms with E-state index in [-0.39, 0.29) is 62.9 Å². The lowest BCUT2D eigenvalue weighted by atomic mass is 9.95. The first-order valence-corrected chi connectivity index (χ1v) is 24.0. The van der Waals surface area contributed by atoms with Crippen molar-refractivity contribution in [2.75, 3.05) is 11.9 Å². The minimum Gasteiger partial charge on any atom is -0.410 e. The van der Waals surface area contributed by atoms with Crippen LogP contribution in [0.15, 0.2) is 6.33 Å². The summed E-state index contributed by atoms with van der Waals surface area (Å²) in [7, 11) is -7.14. The largest absolute Gasteiger partial charge is 0.410 e. The van der Waals surface area contributed by atoms with Crippen molar-refractivity contribution in [3.05, 3.63) is 11.5 Å². The van der Waals surface area contributed by atoms with Crippen LogP contribution in [0.2, 0.25) is 47.0 Å². The number of hydrogen-bond donors (Lipinski definition) is 3. The van der Waals surface area contributed by atoms with Gasteiger partial charge >= 0.3 is 8.56 Å². The molecular formula is C31H54ClN5O6Si3. The van der Waals surface area contributed by atoms with E-state index in [9.17, 15) is 14.7 Å². The third kappa shape index (κ3) is 8.48. The molecule has 1 aliphatic rings. The summed E-state index contributed by atoms with van der Waals surface area (Å²) in [6.07, 6.45) is -1.31. The molecule has 1 fully saturated rings. The number of halogens is 1. The predicted octanol–water partition coefficient (Wildman–Crippen LogP) is 5.78. The molecule has 258 valence electrons. The molecule has 4 atom stereocenters. The van der Waals surface area contributed by atoms with Crippen LogP contribution < -0.4 is 5.32 Å². The summed E-state index contributed by atoms with van der Waals surface area (Å²) < 4.78 is 21.6. The Morgan fingerprint density at radius 1 is 1.11 bits per heavy atom. The first-order valence-electron chi connectivity index (χ1n) is 16.3. The first kappa shape index (κ1) is 38.8. The Bertz CT molecular complexity index is 1420. The minimum absolute atomic E-state index is 0.00651. The highest BCUT2D eigenvalue weighted by atomic mass is 35.5. The lowest BCUT2D eigenvalue weighted by molar-refractivity contribution is -0.118. The number of amides is 1. The van der Waals surface area contributed by atoms with Gasteiger partial charge in [-0.1, -0.05) is 106 Å². The Balaban J connectivity index is 2.24. The van der Waals surface area contributed by atoms with Gasteiger partial charge in [0, 0.05) is 5.92 Å². The molecule has 1 aliphatic heterocycles. The molecule has 3 heterocycles. The van der Waals surface area contributed by atoms with Gasteiger partial charge in [0.2, 0.25) is 11.9 Å². The van der Waals surface area contributed by atoms with Gasteiger partial charge in [-0.3, -0.25) is 14.7 Å². The van der Waals surface area contributed by atoms with Crippen molar-refractivity contribution >= 4 is 60.3 Å². The maximum Gasteiger partial charge on any atom is 0.340 e. The average Bonchev–Trinajstić information content (AvgIpc) is 3.46. The fourth-order valence-electron chi connectivity index (χ4n) is 5.61. The highest BCUT2D eigenvalue weighted by Gasteiger charge is 2.59. The average molecular weight is 713 g/mol. The summed E-state index contributed by atoms with van der Waals surface area (Å²) in [6, 6.07) is 0. The number of imidazole rings is 1. The van der Waals surface area contributed by atoms with Crippen LogP contribution in [-0.2, 0) is 18.4 Å². The molecule has 1 saturated heterocycles. The Hall–Kier alpha value is -1.68. The maximum atomic E-state index is 12.8. The van der Waals surface area contributed by atoms with Crippen LogP contribution in [0.1, 0.15) is 75.5 Å². The Morgan fingerprint density at radius 3 is 2.20 bits per heavy atom. The molecule has 0 aliphatic carbocycles. The number of carbonyl (C=O) groups is 1. The van der Waals surface area contributed by atoms with E-state index in [1.54, 1.807) is 18.4 Å². The Morgan fingerprint density at radius 2 is 1.70 bits per heavy atom. The normalized spacial score (nSPS) is 22.6. The lowest BCUT2D eigenvalue weighted by Gasteiger charge is -2.36. The van der Waals surface area contributed by atoms with Crippen LogP contribution >= 0.6 is 11.6 Å². The van der Waals surface area contributed by atoms with Crippen LogP contribution in [0.5, 0.6) is 0 Å². The number of anilines is 1. The van der Waals surface area contributed by atoms with E-state index in [0.717, 1.165) is 0 Å². The van der Waals surface area contributed by atoms with E-state index in [0.29, 0.717) is 0 Å². The summed E-state index contributed by atoms with van der Waals surface area (Å²) in [5.41, 5.74) is 2.44. The van der Waals surface area contributed by atoms with Crippen molar-refractivity contribution in [1.29, 1.82) is 0 Å². The van der Waals surface area contributed by atoms with Gasteiger partial charge in [-0.05, 0) is 22.2 Å². The number of rotatable bonds is 12. The van der Waals surface area contributed by atoms with Gasteiger partial charge in [-0.15, -0.1) is 5.54 Å². The van der Waals surface area contributed by atoms with Crippen molar-refractivity contribution in [1.82, 2.24) is 19.5 Å². The first-order chi connectivity index (χ1) is 21.1. The Labute approximate surface area is 283 Å². The van der Waals surface area contributed by atoms with Crippen molar-refractivity contribution in [2.24, 2.45) is 5.92 Å². The van der Waals surface area contributed by atoms with E-state index in [1.165, 1.54) is 6.33 Å². The van der Waals surface area contributed by atoms with E-state index in [4.69, 9.17) is 25.2 Å². The third-order valence-corrected chi connectivity index (χ3v) is 16.5. The molecule has 0 radical (unpaired) electrons. The zero-order valence-corrected chi connectivity index (χ0v) is 33.6. The van der Waals surface area contributed by atoms with Crippen LogP contribution in [0, 0.1) is 17.4 Å². The maximum absolute atomic E-state index is 12.8. The molecule has 3 N–H and O–H groups in total. The monoisotopic (exact) mass is 711 g/mol. The van der Waals surface area contributed by atoms with Crippen molar-refractivity contribution < 1.29 is 28.3 Å².